The molecule has 0 aromatic heterocycles. The molecule has 3 aliphatic heterocycles. The standard InChI is InChI=1S/C10H15NO7.C9H8N2O7.CH4S.3CH4/c1-2-16-5-7(12)6-17-10(15)18-11-8(13)3-4-9(11)14;12-5-1-2-6(13)10(5)17-9(16)18-11-7(14)3-4-8(11)15;1-2;;;/h7,12H,2-6H2,1H3;1-4H2;2H,1H3;3*1H4/i/hD. The summed E-state index contributed by atoms with van der Waals surface area (Å²) < 4.78 is 15.5. The van der Waals surface area contributed by atoms with Crippen molar-refractivity contribution in [3.8, 4) is 0 Å². The highest BCUT2D eigenvalue weighted by atomic mass is 32.1. The number of rotatable bonds is 8. The molecule has 0 aromatic rings. The lowest BCUT2D eigenvalue weighted by Gasteiger charge is -2.15. The fraction of sp³-hybridized carbons (Fsp3) is 0.652. The molecule has 0 bridgehead atoms. The SMILES string of the molecule is C.C.C.CCOCC(O)COC(=O)ON1C(=O)CCC1=O.O=C(ON1C(=O)CCC1=O)ON1C(=O)CCC1=O.[2H]SC. The van der Waals surface area contributed by atoms with Gasteiger partial charge < -0.3 is 14.6 Å². The Kier molecular flexibility index (Phi) is 20.2. The molecule has 0 aliphatic carbocycles. The Bertz CT molecular complexity index is 879. The first-order valence-electron chi connectivity index (χ1n) is 11.4. The molecule has 236 valence electrons. The summed E-state index contributed by atoms with van der Waals surface area (Å²) in [6, 6.07) is 0. The third kappa shape index (κ3) is 13.4. The molecule has 0 saturated carbocycles. The second kappa shape index (κ2) is 21.0. The number of ether oxygens (including phenoxy) is 2. The third-order valence-corrected chi connectivity index (χ3v) is 4.42. The Morgan fingerprint density at radius 2 is 1.02 bits per heavy atom. The molecular weight excluding hydrogens is 574 g/mol. The minimum absolute atomic E-state index is 0. The van der Waals surface area contributed by atoms with Crippen molar-refractivity contribution in [3.05, 3.63) is 0 Å². The summed E-state index contributed by atoms with van der Waals surface area (Å²) in [4.78, 5) is 102. The Hall–Kier alpha value is -3.77. The smallest absolute Gasteiger partial charge is 0.430 e. The van der Waals surface area contributed by atoms with Gasteiger partial charge in [-0.3, -0.25) is 43.3 Å². The fourth-order valence-corrected chi connectivity index (χ4v) is 2.71. The summed E-state index contributed by atoms with van der Waals surface area (Å²) in [5, 5.41) is 10.2. The van der Waals surface area contributed by atoms with E-state index in [1.165, 1.54) is 0 Å². The lowest BCUT2D eigenvalue weighted by molar-refractivity contribution is -0.198. The molecule has 3 heterocycles. The zero-order chi connectivity index (χ0) is 29.5. The van der Waals surface area contributed by atoms with Gasteiger partial charge in [-0.2, -0.15) is 17.3 Å². The largest absolute Gasteiger partial charge is 0.560 e. The number of carbonyl (C=O) groups is 8. The predicted molar refractivity (Wildman–Crippen MR) is 141 cm³/mol. The highest BCUT2D eigenvalue weighted by Gasteiger charge is 2.37. The minimum atomic E-state index is -1.48. The van der Waals surface area contributed by atoms with Crippen molar-refractivity contribution in [1.82, 2.24) is 15.2 Å². The number of hydrogen-bond donors (Lipinski definition) is 2. The Balaban J connectivity index is -0.000000621. The zero-order valence-corrected chi connectivity index (χ0v) is 21.3. The maximum Gasteiger partial charge on any atom is 0.560 e. The van der Waals surface area contributed by atoms with Crippen molar-refractivity contribution >= 4 is 60.3 Å². The number of aliphatic hydroxyl groups is 1. The molecule has 17 nitrogen and oxygen atoms in total. The second-order valence-electron chi connectivity index (χ2n) is 7.14. The Morgan fingerprint density at radius 1 is 0.732 bits per heavy atom. The first kappa shape index (κ1) is 39.4. The van der Waals surface area contributed by atoms with Gasteiger partial charge in [0.1, 0.15) is 13.8 Å². The van der Waals surface area contributed by atoms with Gasteiger partial charge in [0.05, 0.1) is 6.61 Å². The number of imide groups is 3. The lowest BCUT2D eigenvalue weighted by atomic mass is 10.4. The van der Waals surface area contributed by atoms with E-state index in [4.69, 9.17) is 5.86 Å². The lowest BCUT2D eigenvalue weighted by Crippen LogP contribution is -2.37. The van der Waals surface area contributed by atoms with Gasteiger partial charge in [-0.1, -0.05) is 37.5 Å². The number of aliphatic hydroxyl groups excluding tert-OH is 1. The third-order valence-electron chi connectivity index (χ3n) is 4.42. The van der Waals surface area contributed by atoms with Crippen LogP contribution in [0.5, 0.6) is 0 Å². The minimum Gasteiger partial charge on any atom is -0.430 e. The van der Waals surface area contributed by atoms with Crippen molar-refractivity contribution in [3.63, 3.8) is 0 Å². The summed E-state index contributed by atoms with van der Waals surface area (Å²) >= 11 is 1.000. The van der Waals surface area contributed by atoms with E-state index in [1.807, 2.05) is 0 Å². The van der Waals surface area contributed by atoms with Gasteiger partial charge in [0, 0.05) is 45.1 Å². The molecule has 1 N–H and O–H groups in total. The highest BCUT2D eigenvalue weighted by molar-refractivity contribution is 7.79. The molecule has 3 aliphatic rings. The summed E-state index contributed by atoms with van der Waals surface area (Å²) in [5.74, 6) is -3.92. The molecule has 1 atom stereocenters. The van der Waals surface area contributed by atoms with Crippen LogP contribution in [0.15, 0.2) is 0 Å². The maximum atomic E-state index is 11.2. The number of carbonyl (C=O) groups excluding carboxylic acids is 8. The normalized spacial score (nSPS) is 16.6. The van der Waals surface area contributed by atoms with Gasteiger partial charge in [0.15, 0.2) is 0 Å². The molecule has 6 amide bonds. The van der Waals surface area contributed by atoms with Crippen LogP contribution in [0.2, 0.25) is 0 Å². The summed E-state index contributed by atoms with van der Waals surface area (Å²) in [6.07, 6.45) is -2.19. The van der Waals surface area contributed by atoms with Crippen LogP contribution in [0.4, 0.5) is 9.59 Å². The summed E-state index contributed by atoms with van der Waals surface area (Å²) in [6.45, 7) is 1.87. The highest BCUT2D eigenvalue weighted by Crippen LogP contribution is 2.16. The number of hydrogen-bond acceptors (Lipinski definition) is 15. The summed E-state index contributed by atoms with van der Waals surface area (Å²) in [5.41, 5.74) is 0. The van der Waals surface area contributed by atoms with E-state index in [-0.39, 0.29) is 84.1 Å². The van der Waals surface area contributed by atoms with Crippen molar-refractivity contribution < 1.29 is 67.4 Å². The number of thiol groups is 1. The van der Waals surface area contributed by atoms with E-state index < -0.39 is 53.9 Å². The van der Waals surface area contributed by atoms with Crippen molar-refractivity contribution in [2.45, 2.75) is 73.8 Å². The van der Waals surface area contributed by atoms with Crippen molar-refractivity contribution in [2.24, 2.45) is 0 Å². The molecule has 0 radical (unpaired) electrons. The fourth-order valence-electron chi connectivity index (χ4n) is 2.71. The quantitative estimate of drug-likeness (QED) is 0.224. The average Bonchev–Trinajstić information content (AvgIpc) is 3.50. The van der Waals surface area contributed by atoms with Crippen LogP contribution < -0.4 is 0 Å². The molecule has 1 unspecified atom stereocenters. The van der Waals surface area contributed by atoms with Gasteiger partial charge in [-0.25, -0.2) is 4.79 Å². The van der Waals surface area contributed by atoms with Crippen molar-refractivity contribution in [2.75, 3.05) is 26.1 Å². The van der Waals surface area contributed by atoms with Gasteiger partial charge in [-0.05, 0) is 13.2 Å². The van der Waals surface area contributed by atoms with Crippen LogP contribution in [0.1, 0.15) is 67.7 Å². The van der Waals surface area contributed by atoms with Crippen LogP contribution in [-0.4, -0.2) is 101 Å². The van der Waals surface area contributed by atoms with Crippen molar-refractivity contribution in [1.29, 1.82) is 1.12 Å². The van der Waals surface area contributed by atoms with E-state index >= 15 is 0 Å². The zero-order valence-electron chi connectivity index (χ0n) is 21.4. The topological polar surface area (TPSA) is 213 Å². The molecule has 41 heavy (non-hydrogen) atoms. The van der Waals surface area contributed by atoms with Crippen LogP contribution in [0.25, 0.3) is 0 Å². The second-order valence-corrected chi connectivity index (χ2v) is 7.14. The molecule has 0 spiro atoms. The molecule has 0 aromatic carbocycles. The molecule has 3 rings (SSSR count). The first-order valence-corrected chi connectivity index (χ1v) is 11.8. The van der Waals surface area contributed by atoms with E-state index in [1.54, 1.807) is 13.2 Å². The van der Waals surface area contributed by atoms with E-state index in [2.05, 4.69) is 19.2 Å². The number of hydroxylamine groups is 6. The number of nitrogens with zero attached hydrogens (tertiary/aromatic N) is 3. The predicted octanol–water partition coefficient (Wildman–Crippen LogP) is 1.32. The molecular formula is C23H39N3O14S. The maximum absolute atomic E-state index is 11.2. The average molecular weight is 615 g/mol. The van der Waals surface area contributed by atoms with Gasteiger partial charge in [0.2, 0.25) is 0 Å². The van der Waals surface area contributed by atoms with E-state index in [0.29, 0.717) is 11.7 Å². The van der Waals surface area contributed by atoms with Gasteiger partial charge in [0.25, 0.3) is 35.4 Å². The Labute approximate surface area is 244 Å². The first-order chi connectivity index (χ1) is 18.4. The van der Waals surface area contributed by atoms with Crippen LogP contribution in [0.3, 0.4) is 0 Å². The van der Waals surface area contributed by atoms with Crippen LogP contribution in [-0.2, 0) is 52.8 Å². The van der Waals surface area contributed by atoms with Gasteiger partial charge >= 0.3 is 12.3 Å². The number of amides is 6. The van der Waals surface area contributed by atoms with Gasteiger partial charge in [-0.15, -0.1) is 0 Å². The molecule has 18 heteroatoms. The van der Waals surface area contributed by atoms with E-state index in [0.717, 1.165) is 12.5 Å². The summed E-state index contributed by atoms with van der Waals surface area (Å²) in [7, 11) is 0. The molecule has 3 saturated heterocycles. The monoisotopic (exact) mass is 614 g/mol. The Morgan fingerprint density at radius 3 is 1.32 bits per heavy atom. The van der Waals surface area contributed by atoms with Crippen LogP contribution >= 0.6 is 12.5 Å². The van der Waals surface area contributed by atoms with E-state index in [9.17, 15) is 43.5 Å². The molecule has 3 fully saturated rings. The van der Waals surface area contributed by atoms with Crippen LogP contribution in [0, 0.1) is 0 Å².